The first-order valence-electron chi connectivity index (χ1n) is 9.12. The lowest BCUT2D eigenvalue weighted by atomic mass is 9.71. The number of nitrogens with zero attached hydrogens (tertiary/aromatic N) is 1. The maximum absolute atomic E-state index is 13.0. The van der Waals surface area contributed by atoms with Crippen molar-refractivity contribution in [1.82, 2.24) is 10.2 Å². The fourth-order valence-corrected chi connectivity index (χ4v) is 4.53. The van der Waals surface area contributed by atoms with Crippen LogP contribution in [0, 0.1) is 5.92 Å². The molecule has 1 heterocycles. The summed E-state index contributed by atoms with van der Waals surface area (Å²) in [7, 11) is 0. The Morgan fingerprint density at radius 3 is 2.56 bits per heavy atom. The van der Waals surface area contributed by atoms with Gasteiger partial charge < -0.3 is 10.4 Å². The van der Waals surface area contributed by atoms with Crippen LogP contribution in [0.4, 0.5) is 4.79 Å². The Morgan fingerprint density at radius 1 is 1.11 bits per heavy atom. The molecule has 27 heavy (non-hydrogen) atoms. The van der Waals surface area contributed by atoms with E-state index in [1.165, 1.54) is 4.90 Å². The Labute approximate surface area is 162 Å². The average Bonchev–Trinajstić information content (AvgIpc) is 2.65. The lowest BCUT2D eigenvalue weighted by Gasteiger charge is -2.53. The predicted molar refractivity (Wildman–Crippen MR) is 102 cm³/mol. The Bertz CT molecular complexity index is 873. The van der Waals surface area contributed by atoms with Gasteiger partial charge in [-0.25, -0.2) is 4.79 Å². The summed E-state index contributed by atoms with van der Waals surface area (Å²) in [5.41, 5.74) is 0.0248. The fourth-order valence-electron chi connectivity index (χ4n) is 4.28. The molecule has 3 atom stereocenters. The zero-order chi connectivity index (χ0) is 19.0. The highest BCUT2D eigenvalue weighted by atomic mass is 35.5. The summed E-state index contributed by atoms with van der Waals surface area (Å²) < 4.78 is 0. The lowest BCUT2D eigenvalue weighted by Crippen LogP contribution is -2.69. The fraction of sp³-hybridized carbons (Fsp3) is 0.333. The van der Waals surface area contributed by atoms with E-state index in [1.54, 1.807) is 18.2 Å². The molecular weight excluding hydrogens is 364 g/mol. The molecule has 2 aliphatic rings. The summed E-state index contributed by atoms with van der Waals surface area (Å²) in [6.45, 7) is 0.238. The molecule has 0 bridgehead atoms. The minimum absolute atomic E-state index is 0.0493. The van der Waals surface area contributed by atoms with Gasteiger partial charge in [-0.15, -0.1) is 0 Å². The number of halogens is 1. The van der Waals surface area contributed by atoms with E-state index in [2.05, 4.69) is 5.32 Å². The van der Waals surface area contributed by atoms with Crippen molar-refractivity contribution in [3.05, 3.63) is 70.7 Å². The molecule has 2 fully saturated rings. The van der Waals surface area contributed by atoms with Crippen molar-refractivity contribution in [2.24, 2.45) is 5.92 Å². The van der Waals surface area contributed by atoms with Crippen LogP contribution < -0.4 is 5.32 Å². The van der Waals surface area contributed by atoms with E-state index in [0.717, 1.165) is 5.56 Å². The maximum Gasteiger partial charge on any atom is 0.320 e. The summed E-state index contributed by atoms with van der Waals surface area (Å²) >= 11 is 6.34. The number of urea groups is 1. The number of fused-ring (bicyclic) bond motifs is 1. The second-order valence-electron chi connectivity index (χ2n) is 7.20. The van der Waals surface area contributed by atoms with E-state index in [0.29, 0.717) is 29.8 Å². The number of aliphatic hydroxyl groups is 1. The number of ketones is 1. The van der Waals surface area contributed by atoms with Crippen molar-refractivity contribution < 1.29 is 14.7 Å². The van der Waals surface area contributed by atoms with Gasteiger partial charge in [-0.1, -0.05) is 60.1 Å². The minimum Gasteiger partial charge on any atom is -0.370 e. The third-order valence-corrected chi connectivity index (χ3v) is 5.91. The van der Waals surface area contributed by atoms with Crippen LogP contribution in [-0.2, 0) is 11.3 Å². The van der Waals surface area contributed by atoms with Crippen LogP contribution >= 0.6 is 11.6 Å². The average molecular weight is 385 g/mol. The van der Waals surface area contributed by atoms with Gasteiger partial charge in [-0.2, -0.15) is 0 Å². The molecule has 1 aliphatic carbocycles. The van der Waals surface area contributed by atoms with Crippen LogP contribution in [0.1, 0.15) is 36.4 Å². The SMILES string of the molecule is O=C1CCC[C@@]2(O)[C@@H]1[C@@H](c1ccccc1Cl)NC(=O)N2Cc1ccccc1. The van der Waals surface area contributed by atoms with Crippen LogP contribution in [0.3, 0.4) is 0 Å². The third-order valence-electron chi connectivity index (χ3n) is 5.56. The van der Waals surface area contributed by atoms with Crippen LogP contribution in [0.25, 0.3) is 0 Å². The van der Waals surface area contributed by atoms with Crippen LogP contribution in [0.15, 0.2) is 54.6 Å². The summed E-state index contributed by atoms with van der Waals surface area (Å²) in [6.07, 6.45) is 1.31. The summed E-state index contributed by atoms with van der Waals surface area (Å²) in [5.74, 6) is -0.806. The first-order valence-corrected chi connectivity index (χ1v) is 9.50. The molecule has 0 aromatic heterocycles. The number of hydrogen-bond acceptors (Lipinski definition) is 3. The Hall–Kier alpha value is -2.37. The van der Waals surface area contributed by atoms with Crippen LogP contribution in [0.2, 0.25) is 5.02 Å². The Balaban J connectivity index is 1.75. The first-order chi connectivity index (χ1) is 13.0. The van der Waals surface area contributed by atoms with Crippen LogP contribution in [-0.4, -0.2) is 27.5 Å². The van der Waals surface area contributed by atoms with Gasteiger partial charge in [0.2, 0.25) is 0 Å². The summed E-state index contributed by atoms with van der Waals surface area (Å²) in [4.78, 5) is 27.2. The molecule has 4 rings (SSSR count). The van der Waals surface area contributed by atoms with E-state index in [-0.39, 0.29) is 12.3 Å². The van der Waals surface area contributed by atoms with E-state index < -0.39 is 23.7 Å². The molecule has 2 N–H and O–H groups in total. The second kappa shape index (κ2) is 6.98. The predicted octanol–water partition coefficient (Wildman–Crippen LogP) is 3.66. The van der Waals surface area contributed by atoms with Gasteiger partial charge in [0.25, 0.3) is 0 Å². The largest absolute Gasteiger partial charge is 0.370 e. The van der Waals surface area contributed by atoms with Crippen molar-refractivity contribution in [2.75, 3.05) is 0 Å². The maximum atomic E-state index is 13.0. The van der Waals surface area contributed by atoms with Gasteiger partial charge in [-0.3, -0.25) is 9.69 Å². The molecule has 140 valence electrons. The second-order valence-corrected chi connectivity index (χ2v) is 7.60. The zero-order valence-electron chi connectivity index (χ0n) is 14.8. The standard InChI is InChI=1S/C21H21ClN2O3/c22-16-10-5-4-9-15(16)19-18-17(25)11-6-12-21(18,27)24(20(26)23-19)13-14-7-2-1-3-8-14/h1-5,7-10,18-19,27H,6,11-13H2,(H,23,26)/t18-,19+,21+/m0/s1. The first kappa shape index (κ1) is 18.0. The van der Waals surface area contributed by atoms with Gasteiger partial charge in [-0.05, 0) is 30.0 Å². The highest BCUT2D eigenvalue weighted by Crippen LogP contribution is 2.46. The van der Waals surface area contributed by atoms with Gasteiger partial charge in [0, 0.05) is 11.4 Å². The molecule has 0 spiro atoms. The number of carbonyl (C=O) groups excluding carboxylic acids is 2. The topological polar surface area (TPSA) is 69.6 Å². The lowest BCUT2D eigenvalue weighted by molar-refractivity contribution is -0.180. The molecule has 6 heteroatoms. The normalized spacial score (nSPS) is 27.9. The number of hydrogen-bond donors (Lipinski definition) is 2. The number of Topliss-reactive ketones (excluding diaryl/α,β-unsaturated/α-hetero) is 1. The molecule has 2 amide bonds. The zero-order valence-corrected chi connectivity index (χ0v) is 15.5. The van der Waals surface area contributed by atoms with E-state index in [1.807, 2.05) is 36.4 Å². The van der Waals surface area contributed by atoms with Gasteiger partial charge in [0.05, 0.1) is 18.5 Å². The number of rotatable bonds is 3. The number of nitrogens with one attached hydrogen (secondary N) is 1. The quantitative estimate of drug-likeness (QED) is 0.848. The monoisotopic (exact) mass is 384 g/mol. The number of benzene rings is 2. The Morgan fingerprint density at radius 2 is 1.81 bits per heavy atom. The summed E-state index contributed by atoms with van der Waals surface area (Å²) in [6, 6.07) is 15.6. The Kier molecular flexibility index (Phi) is 4.66. The molecular formula is C21H21ClN2O3. The van der Waals surface area contributed by atoms with E-state index >= 15 is 0 Å². The molecule has 0 radical (unpaired) electrons. The van der Waals surface area contributed by atoms with Gasteiger partial charge >= 0.3 is 6.03 Å². The van der Waals surface area contributed by atoms with Crippen molar-refractivity contribution >= 4 is 23.4 Å². The molecule has 2 aromatic carbocycles. The smallest absolute Gasteiger partial charge is 0.320 e. The van der Waals surface area contributed by atoms with Crippen molar-refractivity contribution in [3.8, 4) is 0 Å². The highest BCUT2D eigenvalue weighted by molar-refractivity contribution is 6.31. The molecule has 5 nitrogen and oxygen atoms in total. The third kappa shape index (κ3) is 3.11. The molecule has 0 unspecified atom stereocenters. The van der Waals surface area contributed by atoms with Crippen molar-refractivity contribution in [3.63, 3.8) is 0 Å². The summed E-state index contributed by atoms with van der Waals surface area (Å²) in [5, 5.41) is 15.0. The molecule has 1 saturated carbocycles. The van der Waals surface area contributed by atoms with Gasteiger partial charge in [0.1, 0.15) is 5.78 Å². The number of amides is 2. The highest BCUT2D eigenvalue weighted by Gasteiger charge is 2.57. The van der Waals surface area contributed by atoms with Gasteiger partial charge in [0.15, 0.2) is 5.72 Å². The molecule has 1 aliphatic heterocycles. The number of carbonyl (C=O) groups is 2. The van der Waals surface area contributed by atoms with Crippen molar-refractivity contribution in [1.29, 1.82) is 0 Å². The van der Waals surface area contributed by atoms with Crippen LogP contribution in [0.5, 0.6) is 0 Å². The molecule has 1 saturated heterocycles. The minimum atomic E-state index is -1.53. The van der Waals surface area contributed by atoms with Crippen molar-refractivity contribution in [2.45, 2.75) is 37.6 Å². The van der Waals surface area contributed by atoms with E-state index in [4.69, 9.17) is 11.6 Å². The van der Waals surface area contributed by atoms with E-state index in [9.17, 15) is 14.7 Å². The molecule has 2 aromatic rings.